The molecule has 0 amide bonds. The summed E-state index contributed by atoms with van der Waals surface area (Å²) in [5.41, 5.74) is 3.62. The maximum Gasteiger partial charge on any atom is 0.180 e. The number of aryl methyl sites for hydroxylation is 2. The highest BCUT2D eigenvalue weighted by Gasteiger charge is 2.44. The molecule has 0 atom stereocenters. The van der Waals surface area contributed by atoms with E-state index in [-0.39, 0.29) is 0 Å². The number of hydrogen-bond acceptors (Lipinski definition) is 3. The lowest BCUT2D eigenvalue weighted by Crippen LogP contribution is -2.52. The van der Waals surface area contributed by atoms with Crippen molar-refractivity contribution in [2.24, 2.45) is 4.99 Å². The van der Waals surface area contributed by atoms with E-state index < -0.39 is 5.60 Å². The molecule has 1 aliphatic rings. The van der Waals surface area contributed by atoms with Gasteiger partial charge in [-0.15, -0.1) is 0 Å². The van der Waals surface area contributed by atoms with E-state index in [0.29, 0.717) is 18.2 Å². The van der Waals surface area contributed by atoms with E-state index in [1.807, 2.05) is 48.3 Å². The van der Waals surface area contributed by atoms with Gasteiger partial charge in [0.15, 0.2) is 5.60 Å². The molecule has 0 radical (unpaired) electrons. The maximum atomic E-state index is 6.51. The smallest absolute Gasteiger partial charge is 0.180 e. The minimum Gasteiger partial charge on any atom is -0.478 e. The molecule has 1 aliphatic heterocycles. The average molecular weight is 373 g/mol. The summed E-state index contributed by atoms with van der Waals surface area (Å²) in [6, 6.07) is 12.1. The molecule has 0 aliphatic carbocycles. The van der Waals surface area contributed by atoms with E-state index >= 15 is 0 Å². The molecule has 1 saturated heterocycles. The zero-order valence-electron chi connectivity index (χ0n) is 15.8. The van der Waals surface area contributed by atoms with Crippen molar-refractivity contribution in [1.29, 1.82) is 0 Å². The van der Waals surface area contributed by atoms with Gasteiger partial charge in [-0.3, -0.25) is 0 Å². The van der Waals surface area contributed by atoms with Gasteiger partial charge in [0.1, 0.15) is 5.75 Å². The molecule has 0 saturated carbocycles. The maximum absolute atomic E-state index is 6.51. The van der Waals surface area contributed by atoms with E-state index in [4.69, 9.17) is 21.1 Å². The SMILES string of the molecule is CCN(C)C=Nc1cc(C)c(C2(Oc3ccc(C)cc3)COC2)cc1Cl. The third kappa shape index (κ3) is 3.87. The van der Waals surface area contributed by atoms with Gasteiger partial charge < -0.3 is 14.4 Å². The highest BCUT2D eigenvalue weighted by Crippen LogP contribution is 2.40. The summed E-state index contributed by atoms with van der Waals surface area (Å²) in [4.78, 5) is 6.50. The molecule has 138 valence electrons. The van der Waals surface area contributed by atoms with Crippen molar-refractivity contribution in [1.82, 2.24) is 4.90 Å². The van der Waals surface area contributed by atoms with Crippen LogP contribution in [-0.2, 0) is 10.3 Å². The van der Waals surface area contributed by atoms with Gasteiger partial charge in [-0.1, -0.05) is 29.3 Å². The highest BCUT2D eigenvalue weighted by atomic mass is 35.5. The molecule has 0 N–H and O–H groups in total. The summed E-state index contributed by atoms with van der Waals surface area (Å²) in [5, 5.41) is 0.616. The Hall–Kier alpha value is -2.04. The lowest BCUT2D eigenvalue weighted by atomic mass is 9.88. The fraction of sp³-hybridized carbons (Fsp3) is 0.381. The second kappa shape index (κ2) is 7.68. The summed E-state index contributed by atoms with van der Waals surface area (Å²) in [7, 11) is 1.98. The first-order valence-electron chi connectivity index (χ1n) is 8.82. The van der Waals surface area contributed by atoms with Crippen molar-refractivity contribution in [3.8, 4) is 5.75 Å². The molecular weight excluding hydrogens is 348 g/mol. The van der Waals surface area contributed by atoms with Gasteiger partial charge in [0.2, 0.25) is 0 Å². The molecule has 3 rings (SSSR count). The molecule has 1 heterocycles. The molecule has 2 aromatic carbocycles. The topological polar surface area (TPSA) is 34.1 Å². The van der Waals surface area contributed by atoms with Crippen molar-refractivity contribution < 1.29 is 9.47 Å². The van der Waals surface area contributed by atoms with E-state index in [1.165, 1.54) is 5.56 Å². The number of halogens is 1. The van der Waals surface area contributed by atoms with E-state index in [0.717, 1.165) is 29.1 Å². The lowest BCUT2D eigenvalue weighted by molar-refractivity contribution is -0.168. The van der Waals surface area contributed by atoms with Gasteiger partial charge in [-0.25, -0.2) is 4.99 Å². The number of ether oxygens (including phenoxy) is 2. The Morgan fingerprint density at radius 3 is 2.50 bits per heavy atom. The third-order valence-corrected chi connectivity index (χ3v) is 4.98. The number of hydrogen-bond donors (Lipinski definition) is 0. The number of rotatable bonds is 6. The van der Waals surface area contributed by atoms with Crippen molar-refractivity contribution in [2.45, 2.75) is 26.4 Å². The zero-order valence-corrected chi connectivity index (χ0v) is 16.5. The van der Waals surface area contributed by atoms with Gasteiger partial charge >= 0.3 is 0 Å². The molecule has 1 fully saturated rings. The van der Waals surface area contributed by atoms with Crippen LogP contribution in [0.2, 0.25) is 5.02 Å². The Balaban J connectivity index is 1.90. The Labute approximate surface area is 160 Å². The van der Waals surface area contributed by atoms with Gasteiger partial charge in [-0.2, -0.15) is 0 Å². The standard InChI is InChI=1S/C21H25ClN2O2/c1-5-24(4)14-23-20-10-16(3)18(11-19(20)22)21(12-25-13-21)26-17-8-6-15(2)7-9-17/h6-11,14H,5,12-13H2,1-4H3. The first kappa shape index (κ1) is 18.7. The molecular formula is C21H25ClN2O2. The Kier molecular flexibility index (Phi) is 5.54. The minimum atomic E-state index is -0.495. The Morgan fingerprint density at radius 1 is 1.23 bits per heavy atom. The van der Waals surface area contributed by atoms with Crippen LogP contribution in [0.15, 0.2) is 41.4 Å². The number of nitrogens with zero attached hydrogens (tertiary/aromatic N) is 2. The molecule has 0 aromatic heterocycles. The molecule has 2 aromatic rings. The number of aliphatic imine (C=N–C) groups is 1. The van der Waals surface area contributed by atoms with Gasteiger partial charge in [0.05, 0.1) is 30.3 Å². The van der Waals surface area contributed by atoms with Crippen LogP contribution in [0.25, 0.3) is 0 Å². The normalized spacial score (nSPS) is 15.7. The molecule has 0 spiro atoms. The van der Waals surface area contributed by atoms with Crippen molar-refractivity contribution in [3.05, 3.63) is 58.1 Å². The molecule has 5 heteroatoms. The average Bonchev–Trinajstić information content (AvgIpc) is 2.60. The minimum absolute atomic E-state index is 0.495. The third-order valence-electron chi connectivity index (χ3n) is 4.68. The summed E-state index contributed by atoms with van der Waals surface area (Å²) >= 11 is 6.51. The van der Waals surface area contributed by atoms with E-state index in [9.17, 15) is 0 Å². The van der Waals surface area contributed by atoms with Crippen LogP contribution in [-0.4, -0.2) is 38.0 Å². The van der Waals surface area contributed by atoms with Crippen LogP contribution in [0.4, 0.5) is 5.69 Å². The second-order valence-corrected chi connectivity index (χ2v) is 7.25. The van der Waals surface area contributed by atoms with E-state index in [2.05, 4.69) is 25.8 Å². The fourth-order valence-electron chi connectivity index (χ4n) is 2.89. The van der Waals surface area contributed by atoms with E-state index in [1.54, 1.807) is 6.34 Å². The van der Waals surface area contributed by atoms with Crippen LogP contribution in [0, 0.1) is 13.8 Å². The predicted molar refractivity (Wildman–Crippen MR) is 107 cm³/mol. The van der Waals surface area contributed by atoms with Crippen LogP contribution >= 0.6 is 11.6 Å². The zero-order chi connectivity index (χ0) is 18.7. The largest absolute Gasteiger partial charge is 0.478 e. The van der Waals surface area contributed by atoms with Gasteiger partial charge in [-0.05, 0) is 50.6 Å². The van der Waals surface area contributed by atoms with Gasteiger partial charge in [0.25, 0.3) is 0 Å². The summed E-state index contributed by atoms with van der Waals surface area (Å²) < 4.78 is 11.8. The lowest BCUT2D eigenvalue weighted by Gasteiger charge is -2.42. The van der Waals surface area contributed by atoms with Crippen molar-refractivity contribution >= 4 is 23.6 Å². The quantitative estimate of drug-likeness (QED) is 0.535. The summed E-state index contributed by atoms with van der Waals surface area (Å²) in [5.74, 6) is 0.834. The Bertz CT molecular complexity index is 798. The first-order valence-corrected chi connectivity index (χ1v) is 9.20. The van der Waals surface area contributed by atoms with Crippen LogP contribution < -0.4 is 4.74 Å². The van der Waals surface area contributed by atoms with Crippen molar-refractivity contribution in [3.63, 3.8) is 0 Å². The molecule has 0 bridgehead atoms. The number of benzene rings is 2. The van der Waals surface area contributed by atoms with Gasteiger partial charge in [0, 0.05) is 19.2 Å². The predicted octanol–water partition coefficient (Wildman–Crippen LogP) is 4.87. The molecule has 4 nitrogen and oxygen atoms in total. The van der Waals surface area contributed by atoms with Crippen LogP contribution in [0.5, 0.6) is 5.75 Å². The summed E-state index contributed by atoms with van der Waals surface area (Å²) in [6.45, 7) is 8.12. The fourth-order valence-corrected chi connectivity index (χ4v) is 3.10. The Morgan fingerprint density at radius 2 is 1.92 bits per heavy atom. The van der Waals surface area contributed by atoms with Crippen molar-refractivity contribution in [2.75, 3.05) is 26.8 Å². The summed E-state index contributed by atoms with van der Waals surface area (Å²) in [6.07, 6.45) is 1.80. The van der Waals surface area contributed by atoms with Crippen LogP contribution in [0.1, 0.15) is 23.6 Å². The highest BCUT2D eigenvalue weighted by molar-refractivity contribution is 6.33. The monoisotopic (exact) mass is 372 g/mol. The molecule has 0 unspecified atom stereocenters. The second-order valence-electron chi connectivity index (χ2n) is 6.84. The molecule has 26 heavy (non-hydrogen) atoms. The van der Waals surface area contributed by atoms with Crippen LogP contribution in [0.3, 0.4) is 0 Å². The first-order chi connectivity index (χ1) is 12.4.